The molecule has 1 heterocycles. The molecule has 158 valence electrons. The quantitative estimate of drug-likeness (QED) is 0.106. The number of nitrogens with one attached hydrogen (secondary N) is 2. The molecule has 0 radical (unpaired) electrons. The Morgan fingerprint density at radius 3 is 2.33 bits per heavy atom. The molecule has 0 aliphatic rings. The number of halogens is 1. The predicted molar refractivity (Wildman–Crippen MR) is 109 cm³/mol. The van der Waals surface area contributed by atoms with Crippen molar-refractivity contribution in [1.29, 1.82) is 0 Å². The molecule has 12 nitrogen and oxygen atoms in total. The third-order valence-corrected chi connectivity index (χ3v) is 5.06. The van der Waals surface area contributed by atoms with Crippen molar-refractivity contribution in [3.63, 3.8) is 0 Å². The second kappa shape index (κ2) is 9.40. The molecule has 2 aromatic carbocycles. The van der Waals surface area contributed by atoms with Crippen molar-refractivity contribution in [1.82, 2.24) is 15.0 Å². The lowest BCUT2D eigenvalue weighted by molar-refractivity contribution is -0.432. The van der Waals surface area contributed by atoms with Crippen LogP contribution in [0.4, 0.5) is 29.0 Å². The topological polar surface area (TPSA) is 182 Å². The van der Waals surface area contributed by atoms with Gasteiger partial charge in [-0.15, -0.1) is 4.33 Å². The summed E-state index contributed by atoms with van der Waals surface area (Å²) in [5.74, 6) is 0.0931. The van der Waals surface area contributed by atoms with Crippen LogP contribution in [0.5, 0.6) is 0 Å². The lowest BCUT2D eigenvalue weighted by atomic mass is 10.3. The SMILES string of the molecule is Nc1ccc(Nc2nc(Cl)nc(Nc3cccc(SOOO)c3)n2)cc1S(=O)(=O)O. The van der Waals surface area contributed by atoms with E-state index in [1.807, 2.05) is 0 Å². The van der Waals surface area contributed by atoms with Gasteiger partial charge in [0.05, 0.1) is 17.7 Å². The van der Waals surface area contributed by atoms with Crippen molar-refractivity contribution in [2.24, 2.45) is 0 Å². The third kappa shape index (κ3) is 5.90. The fourth-order valence-corrected chi connectivity index (χ4v) is 3.46. The van der Waals surface area contributed by atoms with E-state index >= 15 is 0 Å². The molecule has 3 rings (SSSR count). The van der Waals surface area contributed by atoms with Gasteiger partial charge in [0.25, 0.3) is 10.1 Å². The summed E-state index contributed by atoms with van der Waals surface area (Å²) in [6.45, 7) is 0. The van der Waals surface area contributed by atoms with Gasteiger partial charge in [0.15, 0.2) is 0 Å². The van der Waals surface area contributed by atoms with Gasteiger partial charge in [-0.1, -0.05) is 11.1 Å². The molecule has 0 saturated carbocycles. The average Bonchev–Trinajstić information content (AvgIpc) is 2.67. The van der Waals surface area contributed by atoms with Crippen molar-refractivity contribution in [2.75, 3.05) is 16.4 Å². The van der Waals surface area contributed by atoms with Crippen LogP contribution in [0.25, 0.3) is 0 Å². The Morgan fingerprint density at radius 1 is 1.03 bits per heavy atom. The van der Waals surface area contributed by atoms with Gasteiger partial charge in [0, 0.05) is 16.3 Å². The average molecular weight is 473 g/mol. The third-order valence-electron chi connectivity index (χ3n) is 3.41. The minimum absolute atomic E-state index is 0.00565. The van der Waals surface area contributed by atoms with Crippen LogP contribution in [0.1, 0.15) is 0 Å². The zero-order valence-corrected chi connectivity index (χ0v) is 17.1. The summed E-state index contributed by atoms with van der Waals surface area (Å²) < 4.78 is 36.4. The van der Waals surface area contributed by atoms with E-state index < -0.39 is 15.0 Å². The summed E-state index contributed by atoms with van der Waals surface area (Å²) in [5, 5.41) is 17.3. The first-order valence-electron chi connectivity index (χ1n) is 7.82. The molecule has 6 N–H and O–H groups in total. The molecule has 0 atom stereocenters. The Labute approximate surface area is 179 Å². The highest BCUT2D eigenvalue weighted by molar-refractivity contribution is 7.94. The van der Waals surface area contributed by atoms with E-state index in [0.717, 1.165) is 18.1 Å². The first-order valence-corrected chi connectivity index (χ1v) is 10.4. The minimum atomic E-state index is -4.51. The van der Waals surface area contributed by atoms with E-state index in [1.54, 1.807) is 24.3 Å². The number of nitrogens with zero attached hydrogens (tertiary/aromatic N) is 3. The highest BCUT2D eigenvalue weighted by Gasteiger charge is 2.15. The fourth-order valence-electron chi connectivity index (χ4n) is 2.24. The van der Waals surface area contributed by atoms with Crippen LogP contribution in [0.2, 0.25) is 5.28 Å². The maximum absolute atomic E-state index is 11.4. The van der Waals surface area contributed by atoms with Crippen LogP contribution in [0.3, 0.4) is 0 Å². The number of hydrogen-bond acceptors (Lipinski definition) is 12. The molecule has 0 fully saturated rings. The molecule has 15 heteroatoms. The van der Waals surface area contributed by atoms with Crippen LogP contribution in [-0.4, -0.2) is 33.2 Å². The maximum Gasteiger partial charge on any atom is 0.296 e. The number of aromatic nitrogens is 3. The Balaban J connectivity index is 1.83. The van der Waals surface area contributed by atoms with E-state index in [4.69, 9.17) is 22.6 Å². The summed E-state index contributed by atoms with van der Waals surface area (Å²) >= 11 is 6.72. The van der Waals surface area contributed by atoms with Crippen LogP contribution in [-0.2, 0) is 19.5 Å². The van der Waals surface area contributed by atoms with E-state index in [0.29, 0.717) is 10.6 Å². The normalized spacial score (nSPS) is 11.3. The highest BCUT2D eigenvalue weighted by Crippen LogP contribution is 2.26. The van der Waals surface area contributed by atoms with Gasteiger partial charge in [-0.3, -0.25) is 4.55 Å². The first kappa shape index (κ1) is 22.0. The van der Waals surface area contributed by atoms with Gasteiger partial charge in [-0.2, -0.15) is 23.4 Å². The monoisotopic (exact) mass is 472 g/mol. The van der Waals surface area contributed by atoms with Crippen LogP contribution < -0.4 is 16.4 Å². The summed E-state index contributed by atoms with van der Waals surface area (Å²) in [6, 6.07) is 10.7. The van der Waals surface area contributed by atoms with Gasteiger partial charge in [-0.05, 0) is 48.0 Å². The van der Waals surface area contributed by atoms with Crippen LogP contribution in [0.15, 0.2) is 52.3 Å². The zero-order valence-electron chi connectivity index (χ0n) is 14.7. The van der Waals surface area contributed by atoms with Gasteiger partial charge in [0.1, 0.15) is 4.90 Å². The number of hydrogen-bond donors (Lipinski definition) is 5. The van der Waals surface area contributed by atoms with Gasteiger partial charge >= 0.3 is 0 Å². The molecule has 0 amide bonds. The summed E-state index contributed by atoms with van der Waals surface area (Å²) in [7, 11) is -4.51. The second-order valence-electron chi connectivity index (χ2n) is 5.48. The number of anilines is 5. The molecule has 0 aliphatic carbocycles. The highest BCUT2D eigenvalue weighted by atomic mass is 35.5. The van der Waals surface area contributed by atoms with Crippen molar-refractivity contribution in [3.8, 4) is 0 Å². The van der Waals surface area contributed by atoms with Crippen LogP contribution >= 0.6 is 23.6 Å². The molecule has 1 aromatic heterocycles. The van der Waals surface area contributed by atoms with E-state index in [2.05, 4.69) is 35.0 Å². The molecule has 30 heavy (non-hydrogen) atoms. The van der Waals surface area contributed by atoms with Crippen LogP contribution in [0, 0.1) is 0 Å². The largest absolute Gasteiger partial charge is 0.398 e. The Bertz CT molecular complexity index is 1170. The van der Waals surface area contributed by atoms with E-state index in [9.17, 15) is 13.0 Å². The standard InChI is InChI=1S/C15H13ClN6O6S2/c16-13-20-14(18-8-2-1-3-10(6-8)29-28-27-23)22-15(21-13)19-9-4-5-11(17)12(7-9)30(24,25)26/h1-7,23H,17H2,(H,24,25,26)(H2,18,19,20,21,22). The van der Waals surface area contributed by atoms with Crippen molar-refractivity contribution >= 4 is 62.7 Å². The summed E-state index contributed by atoms with van der Waals surface area (Å²) in [5.41, 5.74) is 6.26. The number of nitrogen functional groups attached to an aromatic ring is 1. The van der Waals surface area contributed by atoms with Gasteiger partial charge in [-0.25, -0.2) is 5.26 Å². The first-order chi connectivity index (χ1) is 14.2. The number of nitrogens with two attached hydrogens (primary N) is 1. The lowest BCUT2D eigenvalue weighted by Crippen LogP contribution is -2.06. The van der Waals surface area contributed by atoms with E-state index in [1.165, 1.54) is 12.1 Å². The van der Waals surface area contributed by atoms with Crippen molar-refractivity contribution in [3.05, 3.63) is 47.7 Å². The Morgan fingerprint density at radius 2 is 1.70 bits per heavy atom. The van der Waals surface area contributed by atoms with Crippen molar-refractivity contribution < 1.29 is 27.6 Å². The summed E-state index contributed by atoms with van der Waals surface area (Å²) in [4.78, 5) is 12.2. The van der Waals surface area contributed by atoms with Gasteiger partial charge in [0.2, 0.25) is 17.2 Å². The number of benzene rings is 2. The smallest absolute Gasteiger partial charge is 0.296 e. The predicted octanol–water partition coefficient (Wildman–Crippen LogP) is 3.27. The van der Waals surface area contributed by atoms with Crippen molar-refractivity contribution in [2.45, 2.75) is 9.79 Å². The number of rotatable bonds is 8. The summed E-state index contributed by atoms with van der Waals surface area (Å²) in [6.07, 6.45) is 0. The molecule has 0 unspecified atom stereocenters. The van der Waals surface area contributed by atoms with Gasteiger partial charge < -0.3 is 16.4 Å². The molecular formula is C15H13ClN6O6S2. The Kier molecular flexibility index (Phi) is 6.88. The fraction of sp³-hybridized carbons (Fsp3) is 0. The molecule has 0 spiro atoms. The second-order valence-corrected chi connectivity index (χ2v) is 7.99. The lowest BCUT2D eigenvalue weighted by Gasteiger charge is -2.10. The minimum Gasteiger partial charge on any atom is -0.398 e. The molecule has 0 aliphatic heterocycles. The Hall–Kier alpha value is -2.72. The van der Waals surface area contributed by atoms with E-state index in [-0.39, 0.29) is 28.6 Å². The zero-order chi connectivity index (χ0) is 21.7. The molecular weight excluding hydrogens is 460 g/mol. The molecule has 0 bridgehead atoms. The maximum atomic E-state index is 11.4. The molecule has 0 saturated heterocycles. The molecule has 3 aromatic rings.